The summed E-state index contributed by atoms with van der Waals surface area (Å²) in [6, 6.07) is -0.316. The number of rotatable bonds is 3. The molecule has 1 aromatic heterocycles. The molecule has 116 valence electrons. The molecule has 0 saturated carbocycles. The maximum absolute atomic E-state index is 12.5. The number of aryl methyl sites for hydroxylation is 1. The van der Waals surface area contributed by atoms with Gasteiger partial charge in [-0.1, -0.05) is 12.2 Å². The van der Waals surface area contributed by atoms with E-state index in [4.69, 9.17) is 0 Å². The predicted molar refractivity (Wildman–Crippen MR) is 79.0 cm³/mol. The molecule has 0 spiro atoms. The van der Waals surface area contributed by atoms with Crippen LogP contribution in [0, 0.1) is 11.8 Å². The summed E-state index contributed by atoms with van der Waals surface area (Å²) in [5.41, 5.74) is 2.04. The van der Waals surface area contributed by atoms with Crippen molar-refractivity contribution in [1.82, 2.24) is 15.3 Å². The zero-order valence-electron chi connectivity index (χ0n) is 12.2. The van der Waals surface area contributed by atoms with Crippen LogP contribution in [0.5, 0.6) is 0 Å². The van der Waals surface area contributed by atoms with Gasteiger partial charge in [-0.2, -0.15) is 0 Å². The minimum atomic E-state index is -0.850. The Morgan fingerprint density at radius 2 is 2.09 bits per heavy atom. The number of hydrogen-bond acceptors (Lipinski definition) is 4. The third-order valence-corrected chi connectivity index (χ3v) is 4.53. The highest BCUT2D eigenvalue weighted by Crippen LogP contribution is 2.25. The molecule has 0 aliphatic heterocycles. The lowest BCUT2D eigenvalue weighted by Crippen LogP contribution is -2.47. The van der Waals surface area contributed by atoms with Gasteiger partial charge in [-0.15, -0.1) is 0 Å². The van der Waals surface area contributed by atoms with Gasteiger partial charge in [0.15, 0.2) is 0 Å². The Labute approximate surface area is 128 Å². The molecule has 0 bridgehead atoms. The molecule has 2 aliphatic carbocycles. The predicted octanol–water partition coefficient (Wildman–Crippen LogP) is 1.12. The van der Waals surface area contributed by atoms with Gasteiger partial charge in [-0.25, -0.2) is 9.97 Å². The Hall–Kier alpha value is -2.24. The van der Waals surface area contributed by atoms with Gasteiger partial charge in [-0.3, -0.25) is 9.59 Å². The van der Waals surface area contributed by atoms with Gasteiger partial charge >= 0.3 is 5.97 Å². The topological polar surface area (TPSA) is 92.2 Å². The SMILES string of the molecule is O=C(N[C@H]1CC=CC[C@H]1C(=O)O)C1CCc2ncncc2C1. The van der Waals surface area contributed by atoms with Crippen molar-refractivity contribution in [2.24, 2.45) is 11.8 Å². The highest BCUT2D eigenvalue weighted by molar-refractivity contribution is 5.81. The first-order valence-corrected chi connectivity index (χ1v) is 7.61. The van der Waals surface area contributed by atoms with Crippen molar-refractivity contribution in [2.45, 2.75) is 38.1 Å². The number of allylic oxidation sites excluding steroid dienone is 1. The molecule has 3 atom stereocenters. The fourth-order valence-electron chi connectivity index (χ4n) is 3.23. The Bertz CT molecular complexity index is 614. The first kappa shape index (κ1) is 14.7. The fourth-order valence-corrected chi connectivity index (χ4v) is 3.23. The normalized spacial score (nSPS) is 27.0. The van der Waals surface area contributed by atoms with Gasteiger partial charge in [0.1, 0.15) is 6.33 Å². The van der Waals surface area contributed by atoms with Crippen LogP contribution in [0.4, 0.5) is 0 Å². The average Bonchev–Trinajstić information content (AvgIpc) is 2.54. The number of nitrogens with one attached hydrogen (secondary N) is 1. The summed E-state index contributed by atoms with van der Waals surface area (Å²) in [5.74, 6) is -1.56. The Kier molecular flexibility index (Phi) is 4.18. The Morgan fingerprint density at radius 3 is 2.91 bits per heavy atom. The van der Waals surface area contributed by atoms with Crippen molar-refractivity contribution in [3.8, 4) is 0 Å². The number of aliphatic carboxylic acids is 1. The lowest BCUT2D eigenvalue weighted by molar-refractivity contribution is -0.143. The zero-order chi connectivity index (χ0) is 15.5. The largest absolute Gasteiger partial charge is 0.481 e. The number of amides is 1. The molecule has 2 N–H and O–H groups in total. The molecular weight excluding hydrogens is 282 g/mol. The molecule has 6 nitrogen and oxygen atoms in total. The number of aromatic nitrogens is 2. The summed E-state index contributed by atoms with van der Waals surface area (Å²) in [6.45, 7) is 0. The molecule has 3 rings (SSSR count). The molecule has 6 heteroatoms. The summed E-state index contributed by atoms with van der Waals surface area (Å²) < 4.78 is 0. The number of carbonyl (C=O) groups excluding carboxylic acids is 1. The molecule has 1 heterocycles. The second kappa shape index (κ2) is 6.25. The second-order valence-electron chi connectivity index (χ2n) is 5.94. The van der Waals surface area contributed by atoms with Crippen LogP contribution in [-0.4, -0.2) is 33.0 Å². The first-order valence-electron chi connectivity index (χ1n) is 7.61. The van der Waals surface area contributed by atoms with Crippen LogP contribution in [0.1, 0.15) is 30.5 Å². The molecule has 0 radical (unpaired) electrons. The van der Waals surface area contributed by atoms with E-state index in [-0.39, 0.29) is 17.9 Å². The van der Waals surface area contributed by atoms with Crippen LogP contribution in [0.15, 0.2) is 24.7 Å². The minimum absolute atomic E-state index is 0.0546. The minimum Gasteiger partial charge on any atom is -0.481 e. The Morgan fingerprint density at radius 1 is 1.27 bits per heavy atom. The van der Waals surface area contributed by atoms with Gasteiger partial charge in [0.2, 0.25) is 5.91 Å². The van der Waals surface area contributed by atoms with E-state index in [0.717, 1.165) is 24.1 Å². The van der Waals surface area contributed by atoms with E-state index in [2.05, 4.69) is 15.3 Å². The van der Waals surface area contributed by atoms with E-state index in [0.29, 0.717) is 19.3 Å². The number of hydrogen-bond donors (Lipinski definition) is 2. The Balaban J connectivity index is 1.65. The zero-order valence-corrected chi connectivity index (χ0v) is 12.2. The maximum atomic E-state index is 12.5. The van der Waals surface area contributed by atoms with Crippen LogP contribution in [0.2, 0.25) is 0 Å². The van der Waals surface area contributed by atoms with E-state index in [1.807, 2.05) is 12.2 Å². The van der Waals surface area contributed by atoms with E-state index in [1.54, 1.807) is 6.20 Å². The number of fused-ring (bicyclic) bond motifs is 1. The third-order valence-electron chi connectivity index (χ3n) is 4.53. The summed E-state index contributed by atoms with van der Waals surface area (Å²) in [4.78, 5) is 32.0. The standard InChI is InChI=1S/C16H19N3O3/c20-15(19-14-4-2-1-3-12(14)16(21)22)10-5-6-13-11(7-10)8-17-9-18-13/h1-2,8-10,12,14H,3-7H2,(H,19,20)(H,21,22)/t10?,12-,14+/m1/s1. The highest BCUT2D eigenvalue weighted by atomic mass is 16.4. The second-order valence-corrected chi connectivity index (χ2v) is 5.94. The molecule has 0 fully saturated rings. The summed E-state index contributed by atoms with van der Waals surface area (Å²) in [7, 11) is 0. The van der Waals surface area contributed by atoms with E-state index < -0.39 is 11.9 Å². The van der Waals surface area contributed by atoms with Crippen molar-refractivity contribution in [1.29, 1.82) is 0 Å². The van der Waals surface area contributed by atoms with Crippen LogP contribution in [0.3, 0.4) is 0 Å². The number of nitrogens with zero attached hydrogens (tertiary/aromatic N) is 2. The molecule has 0 saturated heterocycles. The van der Waals surface area contributed by atoms with Crippen molar-refractivity contribution < 1.29 is 14.7 Å². The molecule has 1 aromatic rings. The molecular formula is C16H19N3O3. The van der Waals surface area contributed by atoms with Crippen LogP contribution in [0.25, 0.3) is 0 Å². The van der Waals surface area contributed by atoms with Crippen molar-refractivity contribution >= 4 is 11.9 Å². The van der Waals surface area contributed by atoms with Crippen molar-refractivity contribution in [3.63, 3.8) is 0 Å². The molecule has 22 heavy (non-hydrogen) atoms. The highest BCUT2D eigenvalue weighted by Gasteiger charge is 2.32. The van der Waals surface area contributed by atoms with Gasteiger partial charge in [-0.05, 0) is 37.7 Å². The van der Waals surface area contributed by atoms with Gasteiger partial charge in [0, 0.05) is 23.9 Å². The lowest BCUT2D eigenvalue weighted by atomic mass is 9.85. The van der Waals surface area contributed by atoms with E-state index >= 15 is 0 Å². The summed E-state index contributed by atoms with van der Waals surface area (Å²) in [6.07, 6.45) is 10.3. The van der Waals surface area contributed by atoms with Crippen molar-refractivity contribution in [3.05, 3.63) is 35.9 Å². The van der Waals surface area contributed by atoms with E-state index in [1.165, 1.54) is 6.33 Å². The lowest BCUT2D eigenvalue weighted by Gasteiger charge is -2.29. The maximum Gasteiger partial charge on any atom is 0.308 e. The smallest absolute Gasteiger partial charge is 0.308 e. The molecule has 1 amide bonds. The monoisotopic (exact) mass is 301 g/mol. The third kappa shape index (κ3) is 3.00. The molecule has 2 aliphatic rings. The van der Waals surface area contributed by atoms with Gasteiger partial charge in [0.25, 0.3) is 0 Å². The van der Waals surface area contributed by atoms with Crippen LogP contribution < -0.4 is 5.32 Å². The number of carboxylic acids is 1. The first-order chi connectivity index (χ1) is 10.6. The quantitative estimate of drug-likeness (QED) is 0.816. The number of carboxylic acid groups (broad SMARTS) is 1. The molecule has 0 aromatic carbocycles. The van der Waals surface area contributed by atoms with Gasteiger partial charge < -0.3 is 10.4 Å². The van der Waals surface area contributed by atoms with Gasteiger partial charge in [0.05, 0.1) is 5.92 Å². The van der Waals surface area contributed by atoms with Crippen molar-refractivity contribution in [2.75, 3.05) is 0 Å². The summed E-state index contributed by atoms with van der Waals surface area (Å²) in [5, 5.41) is 12.2. The van der Waals surface area contributed by atoms with E-state index in [9.17, 15) is 14.7 Å². The average molecular weight is 301 g/mol. The number of carbonyl (C=O) groups is 2. The fraction of sp³-hybridized carbons (Fsp3) is 0.500. The van der Waals surface area contributed by atoms with Crippen LogP contribution >= 0.6 is 0 Å². The van der Waals surface area contributed by atoms with Crippen LogP contribution in [-0.2, 0) is 22.4 Å². The summed E-state index contributed by atoms with van der Waals surface area (Å²) >= 11 is 0. The molecule has 1 unspecified atom stereocenters.